The van der Waals surface area contributed by atoms with Crippen molar-refractivity contribution in [2.75, 3.05) is 24.2 Å². The highest BCUT2D eigenvalue weighted by Gasteiger charge is 2.45. The van der Waals surface area contributed by atoms with Crippen molar-refractivity contribution in [1.29, 1.82) is 0 Å². The molecule has 1 aliphatic rings. The lowest BCUT2D eigenvalue weighted by Crippen LogP contribution is -2.33. The van der Waals surface area contributed by atoms with Crippen molar-refractivity contribution in [3.8, 4) is 0 Å². The van der Waals surface area contributed by atoms with E-state index in [1.54, 1.807) is 0 Å². The number of fused-ring (bicyclic) bond motifs is 1. The van der Waals surface area contributed by atoms with Crippen LogP contribution < -0.4 is 11.1 Å². The van der Waals surface area contributed by atoms with Gasteiger partial charge in [0.15, 0.2) is 17.7 Å². The molecule has 0 aromatic carbocycles. The van der Waals surface area contributed by atoms with Crippen LogP contribution in [0.3, 0.4) is 0 Å². The number of anilines is 2. The van der Waals surface area contributed by atoms with E-state index in [2.05, 4.69) is 24.8 Å². The number of aliphatic hydroxyl groups is 2. The van der Waals surface area contributed by atoms with Gasteiger partial charge in [0.2, 0.25) is 5.95 Å². The summed E-state index contributed by atoms with van der Waals surface area (Å²) < 4.78 is 22.1. The molecule has 1 saturated heterocycles. The summed E-state index contributed by atoms with van der Waals surface area (Å²) in [5, 5.41) is 23.4. The first-order valence-electron chi connectivity index (χ1n) is 8.17. The fourth-order valence-corrected chi connectivity index (χ4v) is 3.05. The molecule has 1 aliphatic heterocycles. The second-order valence-corrected chi connectivity index (χ2v) is 7.26. The van der Waals surface area contributed by atoms with E-state index in [4.69, 9.17) is 20.3 Å². The molecule has 0 radical (unpaired) electrons. The van der Waals surface area contributed by atoms with Crippen LogP contribution >= 0.6 is 7.82 Å². The zero-order valence-corrected chi connectivity index (χ0v) is 15.2. The number of nitrogens with one attached hydrogen (secondary N) is 1. The van der Waals surface area contributed by atoms with E-state index in [1.807, 2.05) is 6.92 Å². The second-order valence-electron chi connectivity index (χ2n) is 6.02. The maximum Gasteiger partial charge on any atom is 0.469 e. The van der Waals surface area contributed by atoms with Crippen LogP contribution in [0.5, 0.6) is 0 Å². The molecule has 0 bridgehead atoms. The Kier molecular flexibility index (Phi) is 5.63. The fourth-order valence-electron chi connectivity index (χ4n) is 2.71. The van der Waals surface area contributed by atoms with Gasteiger partial charge in [-0.3, -0.25) is 9.09 Å². The quantitative estimate of drug-likeness (QED) is 0.307. The number of nitrogens with two attached hydrogens (primary N) is 1. The molecule has 0 amide bonds. The summed E-state index contributed by atoms with van der Waals surface area (Å²) in [5.41, 5.74) is 6.46. The Balaban J connectivity index is 1.88. The maximum absolute atomic E-state index is 10.8. The average molecular weight is 404 g/mol. The van der Waals surface area contributed by atoms with Crippen LogP contribution in [-0.2, 0) is 13.8 Å². The van der Waals surface area contributed by atoms with Gasteiger partial charge < -0.3 is 35.8 Å². The Labute approximate surface area is 153 Å². The molecule has 150 valence electrons. The largest absolute Gasteiger partial charge is 0.469 e. The molecule has 13 nitrogen and oxygen atoms in total. The standard InChI is InChI=1S/C13H21N6O7P/c1-2-3-15-13-17-10(14)7-11(18-13)19(5-16-7)12-9(21)8(20)6(26-12)4-25-27(22,23)24/h5-6,8-9,12,20-21H,2-4H2,1H3,(H2,22,23,24)(H3,14,15,17,18)/t6-,8?,9?,12-/m1/s1. The molecule has 7 N–H and O–H groups in total. The van der Waals surface area contributed by atoms with Crippen molar-refractivity contribution in [3.63, 3.8) is 0 Å². The van der Waals surface area contributed by atoms with E-state index in [0.717, 1.165) is 6.42 Å². The van der Waals surface area contributed by atoms with E-state index in [-0.39, 0.29) is 22.9 Å². The van der Waals surface area contributed by atoms with Crippen molar-refractivity contribution >= 4 is 30.8 Å². The molecule has 2 aromatic heterocycles. The lowest BCUT2D eigenvalue weighted by molar-refractivity contribution is -0.0503. The molecule has 0 spiro atoms. The van der Waals surface area contributed by atoms with Gasteiger partial charge in [-0.25, -0.2) is 9.55 Å². The van der Waals surface area contributed by atoms with Crippen molar-refractivity contribution < 1.29 is 33.8 Å². The van der Waals surface area contributed by atoms with Crippen LogP contribution in [0, 0.1) is 0 Å². The molecule has 3 heterocycles. The Morgan fingerprint density at radius 3 is 2.78 bits per heavy atom. The van der Waals surface area contributed by atoms with Gasteiger partial charge in [0.05, 0.1) is 12.9 Å². The summed E-state index contributed by atoms with van der Waals surface area (Å²) in [6.45, 7) is 2.00. The molecule has 14 heteroatoms. The number of phosphoric ester groups is 1. The Morgan fingerprint density at radius 2 is 2.11 bits per heavy atom. The van der Waals surface area contributed by atoms with E-state index >= 15 is 0 Å². The molecule has 1 fully saturated rings. The average Bonchev–Trinajstić information content (AvgIpc) is 3.13. The first-order valence-corrected chi connectivity index (χ1v) is 9.70. The third-order valence-electron chi connectivity index (χ3n) is 4.00. The highest BCUT2D eigenvalue weighted by Crippen LogP contribution is 2.39. The summed E-state index contributed by atoms with van der Waals surface area (Å²) >= 11 is 0. The minimum absolute atomic E-state index is 0.131. The van der Waals surface area contributed by atoms with Gasteiger partial charge in [0.1, 0.15) is 23.8 Å². The SMILES string of the molecule is CCCNc1nc(N)c2ncn([C@@H]3O[C@H](COP(=O)(O)O)C(O)C3O)c2n1. The van der Waals surface area contributed by atoms with Gasteiger partial charge in [-0.15, -0.1) is 0 Å². The van der Waals surface area contributed by atoms with Crippen LogP contribution in [0.4, 0.5) is 11.8 Å². The number of aliphatic hydroxyl groups excluding tert-OH is 2. The van der Waals surface area contributed by atoms with Crippen molar-refractivity contribution in [1.82, 2.24) is 19.5 Å². The summed E-state index contributed by atoms with van der Waals surface area (Å²) in [5.74, 6) is 0.407. The molecule has 3 rings (SSSR count). The fraction of sp³-hybridized carbons (Fsp3) is 0.615. The number of aromatic nitrogens is 4. The molecular weight excluding hydrogens is 383 g/mol. The first kappa shape index (κ1) is 19.9. The predicted molar refractivity (Wildman–Crippen MR) is 92.4 cm³/mol. The topological polar surface area (TPSA) is 198 Å². The second kappa shape index (κ2) is 7.64. The van der Waals surface area contributed by atoms with Gasteiger partial charge in [-0.05, 0) is 6.42 Å². The summed E-state index contributed by atoms with van der Waals surface area (Å²) in [4.78, 5) is 30.1. The van der Waals surface area contributed by atoms with Gasteiger partial charge in [0.25, 0.3) is 0 Å². The van der Waals surface area contributed by atoms with Gasteiger partial charge >= 0.3 is 7.82 Å². The van der Waals surface area contributed by atoms with Gasteiger partial charge in [0, 0.05) is 6.54 Å². The van der Waals surface area contributed by atoms with Crippen LogP contribution in [0.1, 0.15) is 19.6 Å². The number of imidazole rings is 1. The van der Waals surface area contributed by atoms with Crippen molar-refractivity contribution in [2.24, 2.45) is 0 Å². The normalized spacial score (nSPS) is 26.0. The lowest BCUT2D eigenvalue weighted by atomic mass is 10.1. The van der Waals surface area contributed by atoms with Crippen LogP contribution in [0.2, 0.25) is 0 Å². The van der Waals surface area contributed by atoms with E-state index < -0.39 is 39.0 Å². The Hall–Kier alpha value is -1.86. The highest BCUT2D eigenvalue weighted by molar-refractivity contribution is 7.46. The molecule has 2 unspecified atom stereocenters. The Morgan fingerprint density at radius 1 is 1.37 bits per heavy atom. The lowest BCUT2D eigenvalue weighted by Gasteiger charge is -2.17. The van der Waals surface area contributed by atoms with E-state index in [0.29, 0.717) is 6.54 Å². The van der Waals surface area contributed by atoms with Crippen LogP contribution in [0.15, 0.2) is 6.33 Å². The van der Waals surface area contributed by atoms with Gasteiger partial charge in [-0.1, -0.05) is 6.92 Å². The zero-order valence-electron chi connectivity index (χ0n) is 14.3. The molecular formula is C13H21N6O7P. The molecule has 4 atom stereocenters. The highest BCUT2D eigenvalue weighted by atomic mass is 31.2. The number of nitrogen functional groups attached to an aromatic ring is 1. The third kappa shape index (κ3) is 4.19. The number of rotatable bonds is 7. The van der Waals surface area contributed by atoms with Crippen LogP contribution in [0.25, 0.3) is 11.2 Å². The Bertz CT molecular complexity index is 857. The maximum atomic E-state index is 10.8. The monoisotopic (exact) mass is 404 g/mol. The summed E-state index contributed by atoms with van der Waals surface area (Å²) in [6.07, 6.45) is -2.94. The number of ether oxygens (including phenoxy) is 1. The number of hydrogen-bond acceptors (Lipinski definition) is 10. The number of hydrogen-bond donors (Lipinski definition) is 6. The smallest absolute Gasteiger partial charge is 0.387 e. The minimum atomic E-state index is -4.74. The van der Waals surface area contributed by atoms with E-state index in [9.17, 15) is 14.8 Å². The number of nitrogens with zero attached hydrogens (tertiary/aromatic N) is 4. The third-order valence-corrected chi connectivity index (χ3v) is 4.49. The zero-order chi connectivity index (χ0) is 19.8. The van der Waals surface area contributed by atoms with E-state index in [1.165, 1.54) is 10.9 Å². The number of phosphoric acid groups is 1. The first-order chi connectivity index (χ1) is 12.7. The summed E-state index contributed by atoms with van der Waals surface area (Å²) in [6, 6.07) is 0. The van der Waals surface area contributed by atoms with Gasteiger partial charge in [-0.2, -0.15) is 9.97 Å². The minimum Gasteiger partial charge on any atom is -0.387 e. The van der Waals surface area contributed by atoms with Crippen molar-refractivity contribution in [2.45, 2.75) is 37.9 Å². The van der Waals surface area contributed by atoms with Crippen LogP contribution in [-0.4, -0.2) is 71.0 Å². The molecule has 2 aromatic rings. The molecule has 27 heavy (non-hydrogen) atoms. The molecule has 0 saturated carbocycles. The van der Waals surface area contributed by atoms with Crippen molar-refractivity contribution in [3.05, 3.63) is 6.33 Å². The predicted octanol–water partition coefficient (Wildman–Crippen LogP) is -1.04. The summed E-state index contributed by atoms with van der Waals surface area (Å²) in [7, 11) is -4.74. The molecule has 0 aliphatic carbocycles.